The predicted octanol–water partition coefficient (Wildman–Crippen LogP) is 7.37. The summed E-state index contributed by atoms with van der Waals surface area (Å²) in [5, 5.41) is 20.2. The van der Waals surface area contributed by atoms with Gasteiger partial charge in [0.15, 0.2) is 0 Å². The van der Waals surface area contributed by atoms with Crippen LogP contribution in [0.4, 0.5) is 0 Å². The summed E-state index contributed by atoms with van der Waals surface area (Å²) in [6.07, 6.45) is 18.1. The maximum atomic E-state index is 10.2. The Balaban J connectivity index is 1.63. The molecule has 0 aromatic heterocycles. The highest BCUT2D eigenvalue weighted by Gasteiger charge is 2.50. The lowest BCUT2D eigenvalue weighted by atomic mass is 9.60. The summed E-state index contributed by atoms with van der Waals surface area (Å²) in [4.78, 5) is 0. The lowest BCUT2D eigenvalue weighted by Gasteiger charge is -2.44. The van der Waals surface area contributed by atoms with E-state index in [-0.39, 0.29) is 0 Å². The average molecular weight is 429 g/mol. The van der Waals surface area contributed by atoms with Crippen LogP contribution in [-0.4, -0.2) is 22.4 Å². The molecule has 0 bridgehead atoms. The van der Waals surface area contributed by atoms with Crippen molar-refractivity contribution < 1.29 is 10.2 Å². The standard InChI is InChI=1S/C29H48O2/c1-20(2)10-7-6-8-11-21(3)26-15-16-27-23(12-9-17-29(26,27)5)13-14-24-18-25(30)19-28(31)22(24)4/h13-14,20-21,25-28,30-31H,4,6-12,15-19H2,1-3,5H3/t21-,25-,26-,27+,28+,29-/m1/s1. The molecule has 3 aliphatic rings. The first kappa shape index (κ1) is 24.8. The van der Waals surface area contributed by atoms with Gasteiger partial charge in [-0.2, -0.15) is 0 Å². The fourth-order valence-electron chi connectivity index (χ4n) is 7.08. The SMILES string of the molecule is C=C1C(=CC=C2CCC[C@]3(C)[C@@H]([C@H](C)CCCCCC(C)C)CC[C@@H]23)C[C@@H](O)C[C@@H]1O. The monoisotopic (exact) mass is 428 g/mol. The Morgan fingerprint density at radius 3 is 2.55 bits per heavy atom. The third kappa shape index (κ3) is 5.93. The fourth-order valence-corrected chi connectivity index (χ4v) is 7.08. The highest BCUT2D eigenvalue weighted by atomic mass is 16.3. The van der Waals surface area contributed by atoms with Gasteiger partial charge in [0, 0.05) is 6.42 Å². The van der Waals surface area contributed by atoms with Crippen molar-refractivity contribution in [3.63, 3.8) is 0 Å². The molecule has 3 saturated carbocycles. The van der Waals surface area contributed by atoms with Crippen LogP contribution in [0, 0.1) is 29.1 Å². The quantitative estimate of drug-likeness (QED) is 0.396. The number of fused-ring (bicyclic) bond motifs is 1. The molecule has 0 aliphatic heterocycles. The van der Waals surface area contributed by atoms with Gasteiger partial charge in [-0.1, -0.05) is 84.1 Å². The molecule has 0 radical (unpaired) electrons. The van der Waals surface area contributed by atoms with Gasteiger partial charge in [-0.3, -0.25) is 0 Å². The minimum Gasteiger partial charge on any atom is -0.393 e. The zero-order valence-electron chi connectivity index (χ0n) is 20.7. The second-order valence-corrected chi connectivity index (χ2v) is 11.7. The van der Waals surface area contributed by atoms with Crippen LogP contribution in [0.25, 0.3) is 0 Å². The predicted molar refractivity (Wildman–Crippen MR) is 132 cm³/mol. The molecule has 0 spiro atoms. The van der Waals surface area contributed by atoms with Gasteiger partial charge in [0.05, 0.1) is 12.2 Å². The number of aliphatic hydroxyl groups excluding tert-OH is 2. The molecular formula is C29H48O2. The van der Waals surface area contributed by atoms with E-state index in [2.05, 4.69) is 46.4 Å². The number of allylic oxidation sites excluding steroid dienone is 3. The minimum absolute atomic E-state index is 0.421. The van der Waals surface area contributed by atoms with E-state index in [9.17, 15) is 10.2 Å². The van der Waals surface area contributed by atoms with E-state index in [0.29, 0.717) is 24.2 Å². The fraction of sp³-hybridized carbons (Fsp3) is 0.793. The van der Waals surface area contributed by atoms with Gasteiger partial charge in [0.25, 0.3) is 0 Å². The number of aliphatic hydroxyl groups is 2. The summed E-state index contributed by atoms with van der Waals surface area (Å²) in [7, 11) is 0. The van der Waals surface area contributed by atoms with Crippen LogP contribution in [-0.2, 0) is 0 Å². The third-order valence-electron chi connectivity index (χ3n) is 8.93. The van der Waals surface area contributed by atoms with E-state index in [0.717, 1.165) is 28.9 Å². The van der Waals surface area contributed by atoms with Crippen LogP contribution in [0.5, 0.6) is 0 Å². The summed E-state index contributed by atoms with van der Waals surface area (Å²) in [6, 6.07) is 0. The van der Waals surface area contributed by atoms with Crippen molar-refractivity contribution in [2.24, 2.45) is 29.1 Å². The largest absolute Gasteiger partial charge is 0.393 e. The molecule has 0 unspecified atom stereocenters. The molecule has 0 saturated heterocycles. The normalized spacial score (nSPS) is 37.6. The summed E-state index contributed by atoms with van der Waals surface area (Å²) in [5.41, 5.74) is 3.89. The summed E-state index contributed by atoms with van der Waals surface area (Å²) >= 11 is 0. The second-order valence-electron chi connectivity index (χ2n) is 11.7. The highest BCUT2D eigenvalue weighted by molar-refractivity contribution is 5.38. The summed E-state index contributed by atoms with van der Waals surface area (Å²) < 4.78 is 0. The lowest BCUT2D eigenvalue weighted by molar-refractivity contribution is 0.0861. The molecule has 3 rings (SSSR count). The van der Waals surface area contributed by atoms with Crippen molar-refractivity contribution in [2.45, 2.75) is 117 Å². The molecule has 3 fully saturated rings. The van der Waals surface area contributed by atoms with E-state index in [1.165, 1.54) is 64.2 Å². The van der Waals surface area contributed by atoms with Crippen molar-refractivity contribution in [3.05, 3.63) is 35.5 Å². The molecule has 0 aromatic carbocycles. The van der Waals surface area contributed by atoms with Crippen LogP contribution in [0.3, 0.4) is 0 Å². The molecule has 2 nitrogen and oxygen atoms in total. The maximum absolute atomic E-state index is 10.2. The van der Waals surface area contributed by atoms with E-state index in [4.69, 9.17) is 0 Å². The Hall–Kier alpha value is -0.860. The summed E-state index contributed by atoms with van der Waals surface area (Å²) in [6.45, 7) is 13.9. The molecule has 2 N–H and O–H groups in total. The number of hydrogen-bond acceptors (Lipinski definition) is 2. The van der Waals surface area contributed by atoms with Gasteiger partial charge in [-0.05, 0) is 78.8 Å². The highest BCUT2D eigenvalue weighted by Crippen LogP contribution is 2.59. The molecule has 0 aromatic rings. The van der Waals surface area contributed by atoms with Gasteiger partial charge in [0.1, 0.15) is 0 Å². The molecule has 3 aliphatic carbocycles. The maximum Gasteiger partial charge on any atom is 0.0811 e. The zero-order chi connectivity index (χ0) is 22.6. The van der Waals surface area contributed by atoms with Crippen LogP contribution in [0.1, 0.15) is 105 Å². The smallest absolute Gasteiger partial charge is 0.0811 e. The second kappa shape index (κ2) is 10.8. The third-order valence-corrected chi connectivity index (χ3v) is 8.93. The van der Waals surface area contributed by atoms with Gasteiger partial charge in [-0.15, -0.1) is 0 Å². The zero-order valence-corrected chi connectivity index (χ0v) is 20.7. The Labute approximate surface area is 191 Å². The first-order valence-corrected chi connectivity index (χ1v) is 13.2. The van der Waals surface area contributed by atoms with E-state index >= 15 is 0 Å². The number of unbranched alkanes of at least 4 members (excludes halogenated alkanes) is 2. The Morgan fingerprint density at radius 2 is 1.81 bits per heavy atom. The lowest BCUT2D eigenvalue weighted by Crippen LogP contribution is -2.36. The average Bonchev–Trinajstić information content (AvgIpc) is 3.06. The van der Waals surface area contributed by atoms with Gasteiger partial charge in [-0.25, -0.2) is 0 Å². The summed E-state index contributed by atoms with van der Waals surface area (Å²) in [5.74, 6) is 3.23. The van der Waals surface area contributed by atoms with Gasteiger partial charge < -0.3 is 10.2 Å². The molecule has 0 heterocycles. The molecule has 0 amide bonds. The van der Waals surface area contributed by atoms with Crippen molar-refractivity contribution in [2.75, 3.05) is 0 Å². The number of rotatable bonds is 8. The van der Waals surface area contributed by atoms with Crippen molar-refractivity contribution >= 4 is 0 Å². The van der Waals surface area contributed by atoms with E-state index in [1.54, 1.807) is 5.57 Å². The minimum atomic E-state index is -0.595. The topological polar surface area (TPSA) is 40.5 Å². The molecule has 2 heteroatoms. The Bertz CT molecular complexity index is 672. The number of hydrogen-bond donors (Lipinski definition) is 2. The van der Waals surface area contributed by atoms with Gasteiger partial charge in [0.2, 0.25) is 0 Å². The Kier molecular flexibility index (Phi) is 8.66. The van der Waals surface area contributed by atoms with Crippen molar-refractivity contribution in [3.8, 4) is 0 Å². The van der Waals surface area contributed by atoms with Crippen LogP contribution < -0.4 is 0 Å². The van der Waals surface area contributed by atoms with Crippen LogP contribution in [0.2, 0.25) is 0 Å². The van der Waals surface area contributed by atoms with Crippen LogP contribution >= 0.6 is 0 Å². The Morgan fingerprint density at radius 1 is 1.06 bits per heavy atom. The molecule has 31 heavy (non-hydrogen) atoms. The first-order valence-electron chi connectivity index (χ1n) is 13.2. The van der Waals surface area contributed by atoms with Crippen molar-refractivity contribution in [1.29, 1.82) is 0 Å². The van der Waals surface area contributed by atoms with E-state index < -0.39 is 12.2 Å². The van der Waals surface area contributed by atoms with Crippen molar-refractivity contribution in [1.82, 2.24) is 0 Å². The van der Waals surface area contributed by atoms with Gasteiger partial charge >= 0.3 is 0 Å². The van der Waals surface area contributed by atoms with Crippen LogP contribution in [0.15, 0.2) is 35.5 Å². The molecule has 6 atom stereocenters. The molecule has 176 valence electrons. The molecular weight excluding hydrogens is 380 g/mol. The first-order chi connectivity index (χ1) is 14.7. The van der Waals surface area contributed by atoms with E-state index in [1.807, 2.05) is 0 Å².